The fourth-order valence-electron chi connectivity index (χ4n) is 4.21. The van der Waals surface area contributed by atoms with Crippen molar-refractivity contribution < 1.29 is 17.6 Å². The van der Waals surface area contributed by atoms with Crippen LogP contribution in [0.1, 0.15) is 52.1 Å². The molecule has 1 aliphatic rings. The van der Waals surface area contributed by atoms with Gasteiger partial charge in [0.2, 0.25) is 0 Å². The Morgan fingerprint density at radius 2 is 1.72 bits per heavy atom. The molecule has 0 spiro atoms. The number of carbonyl (C=O) groups excluding carboxylic acids is 1. The minimum absolute atomic E-state index is 0.0323. The molecule has 170 valence electrons. The fourth-order valence-corrected chi connectivity index (χ4v) is 6.08. The van der Waals surface area contributed by atoms with Crippen molar-refractivity contribution in [1.29, 1.82) is 0 Å². The Bertz CT molecular complexity index is 1320. The zero-order valence-corrected chi connectivity index (χ0v) is 20.3. The van der Waals surface area contributed by atoms with Gasteiger partial charge in [0.1, 0.15) is 4.90 Å². The van der Waals surface area contributed by atoms with Gasteiger partial charge in [0.15, 0.2) is 11.3 Å². The monoisotopic (exact) mass is 474 g/mol. The summed E-state index contributed by atoms with van der Waals surface area (Å²) in [7, 11) is -4.04. The molecule has 2 aromatic carbocycles. The van der Waals surface area contributed by atoms with Crippen LogP contribution in [-0.2, 0) is 10.0 Å². The standard InChI is InChI=1S/C24H27ClN2O4S/c1-14-8-9-20(19(25)12-14)26-32(29,30)23-16(3)15(2)13-18-17(4)21(31-22(18)23)24(28)27-10-6-5-7-11-27/h8-9,12-13,26H,5-7,10-11H2,1-4H3. The zero-order chi connectivity index (χ0) is 23.2. The Balaban J connectivity index is 1.85. The van der Waals surface area contributed by atoms with Gasteiger partial charge in [-0.2, -0.15) is 0 Å². The number of amides is 1. The van der Waals surface area contributed by atoms with Crippen molar-refractivity contribution in [3.63, 3.8) is 0 Å². The van der Waals surface area contributed by atoms with Gasteiger partial charge in [-0.1, -0.05) is 17.7 Å². The van der Waals surface area contributed by atoms with Gasteiger partial charge in [0.05, 0.1) is 10.7 Å². The van der Waals surface area contributed by atoms with Crippen LogP contribution >= 0.6 is 11.6 Å². The lowest BCUT2D eigenvalue weighted by molar-refractivity contribution is 0.0693. The molecule has 0 atom stereocenters. The normalized spacial score (nSPS) is 14.7. The molecule has 1 aromatic heterocycles. The van der Waals surface area contributed by atoms with Crippen molar-refractivity contribution in [2.24, 2.45) is 0 Å². The molecule has 1 N–H and O–H groups in total. The molecule has 1 amide bonds. The van der Waals surface area contributed by atoms with Gasteiger partial charge in [0.25, 0.3) is 15.9 Å². The minimum atomic E-state index is -4.04. The Hall–Kier alpha value is -2.51. The number of aryl methyl sites for hydroxylation is 3. The van der Waals surface area contributed by atoms with E-state index in [9.17, 15) is 13.2 Å². The van der Waals surface area contributed by atoms with Crippen LogP contribution in [0.25, 0.3) is 11.0 Å². The molecular formula is C24H27ClN2O4S. The predicted octanol–water partition coefficient (Wildman–Crippen LogP) is 5.75. The molecule has 32 heavy (non-hydrogen) atoms. The van der Waals surface area contributed by atoms with E-state index in [4.69, 9.17) is 16.0 Å². The molecule has 1 aliphatic heterocycles. The molecular weight excluding hydrogens is 448 g/mol. The van der Waals surface area contributed by atoms with E-state index in [0.717, 1.165) is 30.4 Å². The lowest BCUT2D eigenvalue weighted by atomic mass is 10.0. The maximum atomic E-state index is 13.5. The summed E-state index contributed by atoms with van der Waals surface area (Å²) in [6.45, 7) is 8.65. The SMILES string of the molecule is Cc1ccc(NS(=O)(=O)c2c(C)c(C)cc3c(C)c(C(=O)N4CCCCC4)oc23)c(Cl)c1. The van der Waals surface area contributed by atoms with Crippen molar-refractivity contribution in [3.05, 3.63) is 57.3 Å². The highest BCUT2D eigenvalue weighted by Gasteiger charge is 2.30. The van der Waals surface area contributed by atoms with E-state index in [1.165, 1.54) is 0 Å². The molecule has 1 saturated heterocycles. The maximum Gasteiger partial charge on any atom is 0.289 e. The average Bonchev–Trinajstić information content (AvgIpc) is 3.06. The van der Waals surface area contributed by atoms with Gasteiger partial charge in [-0.25, -0.2) is 8.42 Å². The molecule has 4 rings (SSSR count). The first-order chi connectivity index (χ1) is 15.1. The first-order valence-corrected chi connectivity index (χ1v) is 12.6. The number of hydrogen-bond donors (Lipinski definition) is 1. The number of nitrogens with one attached hydrogen (secondary N) is 1. The highest BCUT2D eigenvalue weighted by atomic mass is 35.5. The number of piperidine rings is 1. The van der Waals surface area contributed by atoms with Crippen LogP contribution in [-0.4, -0.2) is 32.3 Å². The predicted molar refractivity (Wildman–Crippen MR) is 127 cm³/mol. The van der Waals surface area contributed by atoms with E-state index in [0.29, 0.717) is 40.3 Å². The third-order valence-corrected chi connectivity index (χ3v) is 8.00. The summed E-state index contributed by atoms with van der Waals surface area (Å²) in [5, 5.41) is 0.940. The van der Waals surface area contributed by atoms with E-state index in [1.807, 2.05) is 19.9 Å². The van der Waals surface area contributed by atoms with Crippen molar-refractivity contribution in [2.75, 3.05) is 17.8 Å². The number of rotatable bonds is 4. The topological polar surface area (TPSA) is 79.6 Å². The van der Waals surface area contributed by atoms with Crippen LogP contribution < -0.4 is 4.72 Å². The number of benzene rings is 2. The number of fused-ring (bicyclic) bond motifs is 1. The van der Waals surface area contributed by atoms with Gasteiger partial charge in [0, 0.05) is 24.0 Å². The van der Waals surface area contributed by atoms with E-state index >= 15 is 0 Å². The highest BCUT2D eigenvalue weighted by molar-refractivity contribution is 7.93. The van der Waals surface area contributed by atoms with Gasteiger partial charge >= 0.3 is 0 Å². The van der Waals surface area contributed by atoms with Crippen LogP contribution in [0.3, 0.4) is 0 Å². The maximum absolute atomic E-state index is 13.5. The molecule has 0 unspecified atom stereocenters. The molecule has 0 radical (unpaired) electrons. The van der Waals surface area contributed by atoms with Crippen LogP contribution in [0, 0.1) is 27.7 Å². The summed E-state index contributed by atoms with van der Waals surface area (Å²) >= 11 is 6.27. The number of furan rings is 1. The van der Waals surface area contributed by atoms with Gasteiger partial charge in [-0.15, -0.1) is 0 Å². The number of hydrogen-bond acceptors (Lipinski definition) is 4. The number of halogens is 1. The van der Waals surface area contributed by atoms with Crippen molar-refractivity contribution in [1.82, 2.24) is 4.90 Å². The van der Waals surface area contributed by atoms with Crippen LogP contribution in [0.5, 0.6) is 0 Å². The van der Waals surface area contributed by atoms with Crippen molar-refractivity contribution >= 4 is 44.2 Å². The second-order valence-corrected chi connectivity index (χ2v) is 10.5. The molecule has 0 bridgehead atoms. The zero-order valence-electron chi connectivity index (χ0n) is 18.7. The lowest BCUT2D eigenvalue weighted by Crippen LogP contribution is -2.35. The summed E-state index contributed by atoms with van der Waals surface area (Å²) in [4.78, 5) is 15.0. The molecule has 0 saturated carbocycles. The second-order valence-electron chi connectivity index (χ2n) is 8.52. The van der Waals surface area contributed by atoms with Gasteiger partial charge in [-0.05, 0) is 81.8 Å². The highest BCUT2D eigenvalue weighted by Crippen LogP contribution is 2.37. The molecule has 2 heterocycles. The van der Waals surface area contributed by atoms with Crippen LogP contribution in [0.4, 0.5) is 5.69 Å². The minimum Gasteiger partial charge on any atom is -0.449 e. The largest absolute Gasteiger partial charge is 0.449 e. The van der Waals surface area contributed by atoms with Crippen molar-refractivity contribution in [2.45, 2.75) is 51.9 Å². The third kappa shape index (κ3) is 3.99. The summed E-state index contributed by atoms with van der Waals surface area (Å²) in [6, 6.07) is 7.00. The van der Waals surface area contributed by atoms with E-state index in [-0.39, 0.29) is 22.1 Å². The molecule has 8 heteroatoms. The van der Waals surface area contributed by atoms with Crippen LogP contribution in [0.2, 0.25) is 5.02 Å². The fraction of sp³-hybridized carbons (Fsp3) is 0.375. The summed E-state index contributed by atoms with van der Waals surface area (Å²) in [5.41, 5.74) is 3.44. The van der Waals surface area contributed by atoms with Crippen LogP contribution in [0.15, 0.2) is 33.6 Å². The Kier molecular flexibility index (Phi) is 5.98. The van der Waals surface area contributed by atoms with Gasteiger partial charge in [-0.3, -0.25) is 9.52 Å². The summed E-state index contributed by atoms with van der Waals surface area (Å²) < 4.78 is 35.6. The first kappa shape index (κ1) is 22.7. The summed E-state index contributed by atoms with van der Waals surface area (Å²) in [5.74, 6) is 0.0170. The smallest absolute Gasteiger partial charge is 0.289 e. The number of anilines is 1. The van der Waals surface area contributed by atoms with E-state index in [1.54, 1.807) is 36.9 Å². The van der Waals surface area contributed by atoms with E-state index < -0.39 is 10.0 Å². The Morgan fingerprint density at radius 1 is 1.03 bits per heavy atom. The molecule has 1 fully saturated rings. The quantitative estimate of drug-likeness (QED) is 0.522. The molecule has 6 nitrogen and oxygen atoms in total. The molecule has 3 aromatic rings. The average molecular weight is 475 g/mol. The number of sulfonamides is 1. The molecule has 0 aliphatic carbocycles. The third-order valence-electron chi connectivity index (χ3n) is 6.17. The number of likely N-dealkylation sites (tertiary alicyclic amines) is 1. The second kappa shape index (κ2) is 8.45. The number of nitrogens with zero attached hydrogens (tertiary/aromatic N) is 1. The lowest BCUT2D eigenvalue weighted by Gasteiger charge is -2.25. The first-order valence-electron chi connectivity index (χ1n) is 10.7. The summed E-state index contributed by atoms with van der Waals surface area (Å²) in [6.07, 6.45) is 3.03. The van der Waals surface area contributed by atoms with Gasteiger partial charge < -0.3 is 9.32 Å². The Morgan fingerprint density at radius 3 is 2.38 bits per heavy atom. The van der Waals surface area contributed by atoms with E-state index in [2.05, 4.69) is 4.72 Å². The Labute approximate surface area is 193 Å². The number of carbonyl (C=O) groups is 1. The van der Waals surface area contributed by atoms with Crippen molar-refractivity contribution in [3.8, 4) is 0 Å².